The smallest absolute Gasteiger partial charge is 0.257 e. The Labute approximate surface area is 160 Å². The number of fused-ring (bicyclic) bond motifs is 1. The number of nitrogens with zero attached hydrogens (tertiary/aromatic N) is 3. The molecule has 1 aliphatic rings. The zero-order valence-corrected chi connectivity index (χ0v) is 15.8. The average molecular weight is 362 g/mol. The SMILES string of the molecule is Cc1ccc(C(=O)Nc2nc3ccccc3n2CCN2CCCCC2)cc1. The number of anilines is 1. The summed E-state index contributed by atoms with van der Waals surface area (Å²) in [5, 5.41) is 3.02. The number of carbonyl (C=O) groups is 1. The van der Waals surface area contributed by atoms with E-state index >= 15 is 0 Å². The molecule has 0 unspecified atom stereocenters. The molecule has 4 rings (SSSR count). The Morgan fingerprint density at radius 2 is 1.74 bits per heavy atom. The standard InChI is InChI=1S/C22H26N4O/c1-17-9-11-18(12-10-17)21(27)24-22-23-19-7-3-4-8-20(19)26(22)16-15-25-13-5-2-6-14-25/h3-4,7-12H,2,5-6,13-16H2,1H3,(H,23,24,27). The lowest BCUT2D eigenvalue weighted by Gasteiger charge is -2.26. The molecule has 0 aliphatic carbocycles. The average Bonchev–Trinajstić information content (AvgIpc) is 3.04. The van der Waals surface area contributed by atoms with Crippen molar-refractivity contribution in [2.75, 3.05) is 25.0 Å². The van der Waals surface area contributed by atoms with Crippen LogP contribution in [0.5, 0.6) is 0 Å². The highest BCUT2D eigenvalue weighted by Crippen LogP contribution is 2.21. The first-order chi connectivity index (χ1) is 13.2. The highest BCUT2D eigenvalue weighted by Gasteiger charge is 2.16. The molecule has 0 saturated carbocycles. The summed E-state index contributed by atoms with van der Waals surface area (Å²) < 4.78 is 2.13. The molecule has 3 aromatic rings. The van der Waals surface area contributed by atoms with Crippen molar-refractivity contribution < 1.29 is 4.79 Å². The van der Waals surface area contributed by atoms with Crippen LogP contribution in [0.3, 0.4) is 0 Å². The maximum absolute atomic E-state index is 12.7. The maximum Gasteiger partial charge on any atom is 0.257 e. The number of likely N-dealkylation sites (tertiary alicyclic amines) is 1. The van der Waals surface area contributed by atoms with Crippen molar-refractivity contribution in [3.05, 3.63) is 59.7 Å². The lowest BCUT2D eigenvalue weighted by molar-refractivity contribution is 0.102. The van der Waals surface area contributed by atoms with Crippen LogP contribution in [0.15, 0.2) is 48.5 Å². The first kappa shape index (κ1) is 17.7. The van der Waals surface area contributed by atoms with Crippen LogP contribution in [0.2, 0.25) is 0 Å². The van der Waals surface area contributed by atoms with Gasteiger partial charge in [0.2, 0.25) is 5.95 Å². The number of aryl methyl sites for hydroxylation is 1. The van der Waals surface area contributed by atoms with Crippen molar-refractivity contribution in [3.63, 3.8) is 0 Å². The minimum Gasteiger partial charge on any atom is -0.309 e. The number of benzene rings is 2. The zero-order valence-electron chi connectivity index (χ0n) is 15.8. The molecule has 1 saturated heterocycles. The van der Waals surface area contributed by atoms with Crippen molar-refractivity contribution in [3.8, 4) is 0 Å². The van der Waals surface area contributed by atoms with Gasteiger partial charge in [0, 0.05) is 18.7 Å². The van der Waals surface area contributed by atoms with Crippen LogP contribution in [0, 0.1) is 6.92 Å². The maximum atomic E-state index is 12.7. The fraction of sp³-hybridized carbons (Fsp3) is 0.364. The predicted octanol–water partition coefficient (Wildman–Crippen LogP) is 4.08. The van der Waals surface area contributed by atoms with E-state index in [4.69, 9.17) is 0 Å². The summed E-state index contributed by atoms with van der Waals surface area (Å²) in [5.41, 5.74) is 3.76. The molecule has 1 aromatic heterocycles. The number of amides is 1. The summed E-state index contributed by atoms with van der Waals surface area (Å²) in [6, 6.07) is 15.7. The van der Waals surface area contributed by atoms with Crippen LogP contribution in [-0.2, 0) is 6.54 Å². The molecule has 0 bridgehead atoms. The molecule has 5 heteroatoms. The van der Waals surface area contributed by atoms with Crippen LogP contribution >= 0.6 is 0 Å². The molecule has 5 nitrogen and oxygen atoms in total. The minimum absolute atomic E-state index is 0.121. The Morgan fingerprint density at radius 3 is 2.52 bits per heavy atom. The van der Waals surface area contributed by atoms with Crippen LogP contribution < -0.4 is 5.32 Å². The fourth-order valence-corrected chi connectivity index (χ4v) is 3.70. The molecule has 2 heterocycles. The van der Waals surface area contributed by atoms with E-state index in [0.717, 1.165) is 42.8 Å². The number of rotatable bonds is 5. The Kier molecular flexibility index (Phi) is 5.21. The van der Waals surface area contributed by atoms with E-state index in [1.807, 2.05) is 49.4 Å². The second-order valence-corrected chi connectivity index (χ2v) is 7.30. The van der Waals surface area contributed by atoms with Crippen LogP contribution in [0.25, 0.3) is 11.0 Å². The molecule has 1 aliphatic heterocycles. The molecular formula is C22H26N4O. The van der Waals surface area contributed by atoms with E-state index in [9.17, 15) is 4.79 Å². The fourth-order valence-electron chi connectivity index (χ4n) is 3.70. The van der Waals surface area contributed by atoms with Gasteiger partial charge in [-0.2, -0.15) is 0 Å². The van der Waals surface area contributed by atoms with Crippen molar-refractivity contribution in [2.24, 2.45) is 0 Å². The Morgan fingerprint density at radius 1 is 1.00 bits per heavy atom. The summed E-state index contributed by atoms with van der Waals surface area (Å²) in [6.45, 7) is 6.15. The number of imidazole rings is 1. The third kappa shape index (κ3) is 4.03. The van der Waals surface area contributed by atoms with Crippen molar-refractivity contribution in [1.82, 2.24) is 14.5 Å². The molecule has 1 amide bonds. The van der Waals surface area contributed by atoms with E-state index in [0.29, 0.717) is 11.5 Å². The first-order valence-corrected chi connectivity index (χ1v) is 9.76. The predicted molar refractivity (Wildman–Crippen MR) is 109 cm³/mol. The number of aromatic nitrogens is 2. The van der Waals surface area contributed by atoms with E-state index in [2.05, 4.69) is 25.8 Å². The topological polar surface area (TPSA) is 50.2 Å². The Hall–Kier alpha value is -2.66. The Balaban J connectivity index is 1.57. The van der Waals surface area contributed by atoms with Crippen molar-refractivity contribution >= 4 is 22.9 Å². The molecule has 2 aromatic carbocycles. The lowest BCUT2D eigenvalue weighted by Crippen LogP contribution is -2.32. The van der Waals surface area contributed by atoms with E-state index in [1.165, 1.54) is 19.3 Å². The van der Waals surface area contributed by atoms with Gasteiger partial charge in [-0.25, -0.2) is 4.98 Å². The minimum atomic E-state index is -0.121. The second-order valence-electron chi connectivity index (χ2n) is 7.30. The van der Waals surface area contributed by atoms with Gasteiger partial charge >= 0.3 is 0 Å². The summed E-state index contributed by atoms with van der Waals surface area (Å²) in [6.07, 6.45) is 3.89. The van der Waals surface area contributed by atoms with Gasteiger partial charge in [0.05, 0.1) is 11.0 Å². The lowest BCUT2D eigenvalue weighted by atomic mass is 10.1. The van der Waals surface area contributed by atoms with Gasteiger partial charge in [-0.3, -0.25) is 10.1 Å². The molecule has 0 atom stereocenters. The van der Waals surface area contributed by atoms with Crippen LogP contribution in [0.1, 0.15) is 35.2 Å². The van der Waals surface area contributed by atoms with E-state index in [1.54, 1.807) is 0 Å². The second kappa shape index (κ2) is 7.92. The van der Waals surface area contributed by atoms with Gasteiger partial charge in [0.1, 0.15) is 0 Å². The number of carbonyl (C=O) groups excluding carboxylic acids is 1. The van der Waals surface area contributed by atoms with Gasteiger partial charge in [-0.05, 0) is 57.1 Å². The van der Waals surface area contributed by atoms with E-state index < -0.39 is 0 Å². The van der Waals surface area contributed by atoms with Crippen molar-refractivity contribution in [2.45, 2.75) is 32.7 Å². The van der Waals surface area contributed by atoms with Gasteiger partial charge in [-0.15, -0.1) is 0 Å². The summed E-state index contributed by atoms with van der Waals surface area (Å²) >= 11 is 0. The highest BCUT2D eigenvalue weighted by atomic mass is 16.1. The number of hydrogen-bond acceptors (Lipinski definition) is 3. The molecule has 0 radical (unpaired) electrons. The van der Waals surface area contributed by atoms with Crippen LogP contribution in [-0.4, -0.2) is 40.0 Å². The quantitative estimate of drug-likeness (QED) is 0.744. The van der Waals surface area contributed by atoms with Gasteiger partial charge < -0.3 is 9.47 Å². The largest absolute Gasteiger partial charge is 0.309 e. The molecular weight excluding hydrogens is 336 g/mol. The molecule has 27 heavy (non-hydrogen) atoms. The molecule has 1 fully saturated rings. The number of hydrogen-bond donors (Lipinski definition) is 1. The number of para-hydroxylation sites is 2. The van der Waals surface area contributed by atoms with E-state index in [-0.39, 0.29) is 5.91 Å². The summed E-state index contributed by atoms with van der Waals surface area (Å²) in [7, 11) is 0. The van der Waals surface area contributed by atoms with Crippen molar-refractivity contribution in [1.29, 1.82) is 0 Å². The number of nitrogens with one attached hydrogen (secondary N) is 1. The normalized spacial score (nSPS) is 15.1. The summed E-state index contributed by atoms with van der Waals surface area (Å²) in [4.78, 5) is 19.9. The number of piperidine rings is 1. The van der Waals surface area contributed by atoms with Crippen LogP contribution in [0.4, 0.5) is 5.95 Å². The van der Waals surface area contributed by atoms with Gasteiger partial charge in [0.15, 0.2) is 0 Å². The van der Waals surface area contributed by atoms with Gasteiger partial charge in [-0.1, -0.05) is 36.2 Å². The van der Waals surface area contributed by atoms with Gasteiger partial charge in [0.25, 0.3) is 5.91 Å². The third-order valence-electron chi connectivity index (χ3n) is 5.28. The highest BCUT2D eigenvalue weighted by molar-refractivity contribution is 6.04. The summed E-state index contributed by atoms with van der Waals surface area (Å²) in [5.74, 6) is 0.503. The monoisotopic (exact) mass is 362 g/mol. The zero-order chi connectivity index (χ0) is 18.6. The Bertz CT molecular complexity index is 923. The first-order valence-electron chi connectivity index (χ1n) is 9.76. The third-order valence-corrected chi connectivity index (χ3v) is 5.28. The molecule has 0 spiro atoms. The molecule has 1 N–H and O–H groups in total. The molecule has 140 valence electrons.